The normalized spacial score (nSPS) is 12.8. The Morgan fingerprint density at radius 1 is 0.308 bits per heavy atom. The first-order valence-corrected chi connectivity index (χ1v) is 30.0. The molecule has 0 amide bonds. The van der Waals surface area contributed by atoms with Crippen LogP contribution in [0.5, 0.6) is 0 Å². The summed E-state index contributed by atoms with van der Waals surface area (Å²) in [7, 11) is 0. The van der Waals surface area contributed by atoms with Crippen LogP contribution >= 0.6 is 0 Å². The van der Waals surface area contributed by atoms with Gasteiger partial charge in [0.05, 0.1) is 0 Å². The van der Waals surface area contributed by atoms with Gasteiger partial charge in [-0.05, 0) is 86.8 Å². The van der Waals surface area contributed by atoms with Crippen molar-refractivity contribution in [2.45, 2.75) is 296 Å². The number of unbranched alkanes of at least 4 members (excludes halogenated alkanes) is 28. The molecule has 1 aliphatic rings. The first-order chi connectivity index (χ1) is 32.1. The smallest absolute Gasteiger partial charge is 0.493 e. The van der Waals surface area contributed by atoms with Gasteiger partial charge < -0.3 is 5.53 Å². The maximum atomic E-state index is 11.7. The van der Waals surface area contributed by atoms with E-state index in [-0.39, 0.29) is 0 Å². The molecule has 0 unspecified atom stereocenters. The molecule has 0 N–H and O–H groups in total. The molecule has 374 valence electrons. The fourth-order valence-electron chi connectivity index (χ4n) is 9.36. The summed E-state index contributed by atoms with van der Waals surface area (Å²) < 4.78 is 1.52. The molecule has 0 saturated carbocycles. The van der Waals surface area contributed by atoms with Crippen LogP contribution in [0.15, 0.2) is 59.7 Å². The second kappa shape index (κ2) is 42.1. The molecular weight excluding hydrogens is 831 g/mol. The number of aryl methyl sites for hydroxylation is 2. The van der Waals surface area contributed by atoms with Crippen molar-refractivity contribution in [3.8, 4) is 0 Å². The van der Waals surface area contributed by atoms with Gasteiger partial charge in [0.1, 0.15) is 0 Å². The van der Waals surface area contributed by atoms with Crippen molar-refractivity contribution in [1.29, 1.82) is 0 Å². The summed E-state index contributed by atoms with van der Waals surface area (Å²) in [6.45, 7) is 13.6. The van der Waals surface area contributed by atoms with Gasteiger partial charge in [-0.2, -0.15) is 0 Å². The fraction of sp³-hybridized carbons (Fsp3) is 0.742. The Morgan fingerprint density at radius 3 is 0.892 bits per heavy atom. The molecule has 1 heterocycles. The van der Waals surface area contributed by atoms with E-state index in [1.165, 1.54) is 230 Å². The zero-order chi connectivity index (χ0) is 46.8. The molecule has 0 spiro atoms. The van der Waals surface area contributed by atoms with Gasteiger partial charge in [-0.15, -0.1) is 0 Å². The number of allylic oxidation sites excluding steroid dienone is 2. The van der Waals surface area contributed by atoms with Crippen molar-refractivity contribution in [1.82, 2.24) is 0 Å². The van der Waals surface area contributed by atoms with Gasteiger partial charge >= 0.3 is 166 Å². The third-order valence-electron chi connectivity index (χ3n) is 13.7. The van der Waals surface area contributed by atoms with Gasteiger partial charge in [0.2, 0.25) is 11.4 Å². The predicted molar refractivity (Wildman–Crippen MR) is 288 cm³/mol. The quantitative estimate of drug-likeness (QED) is 0.0360. The van der Waals surface area contributed by atoms with E-state index in [1.54, 1.807) is 0 Å². The summed E-state index contributed by atoms with van der Waals surface area (Å²) in [5.74, 6) is 0. The average Bonchev–Trinajstić information content (AvgIpc) is 3.61. The van der Waals surface area contributed by atoms with Gasteiger partial charge in [0, 0.05) is 22.3 Å². The van der Waals surface area contributed by atoms with Crippen LogP contribution in [-0.4, -0.2) is 4.70 Å². The molecule has 2 nitrogen and oxygen atoms in total. The van der Waals surface area contributed by atoms with Gasteiger partial charge in [0.25, 0.3) is 0 Å². The van der Waals surface area contributed by atoms with E-state index in [2.05, 4.69) is 90.1 Å². The summed E-state index contributed by atoms with van der Waals surface area (Å²) >= 11 is 2.04. The van der Waals surface area contributed by atoms with Gasteiger partial charge in [-0.1, -0.05) is 117 Å². The molecule has 0 fully saturated rings. The van der Waals surface area contributed by atoms with E-state index in [1.807, 2.05) is 14.4 Å². The zero-order valence-electron chi connectivity index (χ0n) is 44.1. The van der Waals surface area contributed by atoms with E-state index < -0.39 is 0 Å². The number of benzene rings is 2. The second-order valence-corrected chi connectivity index (χ2v) is 21.2. The standard InChI is InChI=1S/C34H48N2.2C14H29.Ni/c1-5-9-13-14-16-28-21-25-30(26-22-28)34-32(18-12-8-4)31(17-11-7-3)33(36(34)35)29-23-19-27(20-24-29)15-10-6-2;2*1-3-5-7-9-11-13-14-12-10-8-6-4-2;/h19-26H,5-18H2,1-4H3;2*1,3-14H2,2H3;. The first kappa shape index (κ1) is 59.1. The molecule has 65 heavy (non-hydrogen) atoms. The van der Waals surface area contributed by atoms with Crippen molar-refractivity contribution >= 4 is 11.4 Å². The van der Waals surface area contributed by atoms with E-state index in [4.69, 9.17) is 0 Å². The van der Waals surface area contributed by atoms with Crippen LogP contribution in [0.4, 0.5) is 0 Å². The maximum absolute atomic E-state index is 11.7. The number of hydrogen-bond donors (Lipinski definition) is 0. The van der Waals surface area contributed by atoms with Crippen molar-refractivity contribution in [2.75, 3.05) is 0 Å². The van der Waals surface area contributed by atoms with Crippen LogP contribution in [-0.2, 0) is 27.3 Å². The number of rotatable bonds is 42. The molecule has 1 aliphatic heterocycles. The Hall–Kier alpha value is -1.99. The van der Waals surface area contributed by atoms with Crippen molar-refractivity contribution in [3.63, 3.8) is 0 Å². The Kier molecular flexibility index (Phi) is 38.3. The van der Waals surface area contributed by atoms with Crippen LogP contribution in [0.3, 0.4) is 0 Å². The summed E-state index contributed by atoms with van der Waals surface area (Å²) in [4.78, 5) is 0. The van der Waals surface area contributed by atoms with Crippen molar-refractivity contribution in [2.24, 2.45) is 0 Å². The van der Waals surface area contributed by atoms with Crippen molar-refractivity contribution in [3.05, 3.63) is 87.5 Å². The third kappa shape index (κ3) is 27.6. The molecule has 0 saturated heterocycles. The molecule has 0 atom stereocenters. The first-order valence-electron chi connectivity index (χ1n) is 28.6. The average molecular weight is 938 g/mol. The third-order valence-corrected chi connectivity index (χ3v) is 15.1. The molecule has 0 aliphatic carbocycles. The van der Waals surface area contributed by atoms with Crippen LogP contribution in [0.2, 0.25) is 10.8 Å². The van der Waals surface area contributed by atoms with Crippen molar-refractivity contribution < 1.29 is 19.1 Å². The van der Waals surface area contributed by atoms with Crippen LogP contribution in [0.1, 0.15) is 295 Å². The molecule has 0 bridgehead atoms. The molecule has 0 aromatic heterocycles. The molecule has 0 radical (unpaired) electrons. The minimum Gasteiger partial charge on any atom is -0.493 e. The molecule has 2 aromatic carbocycles. The monoisotopic (exact) mass is 937 g/mol. The summed E-state index contributed by atoms with van der Waals surface area (Å²) in [6.07, 6.45) is 51.7. The summed E-state index contributed by atoms with van der Waals surface area (Å²) in [6, 6.07) is 17.9. The zero-order valence-corrected chi connectivity index (χ0v) is 45.1. The molecule has 3 rings (SSSR count). The van der Waals surface area contributed by atoms with Crippen LogP contribution in [0.25, 0.3) is 16.9 Å². The Bertz CT molecular complexity index is 1440. The fourth-order valence-corrected chi connectivity index (χ4v) is 10.6. The van der Waals surface area contributed by atoms with E-state index >= 15 is 0 Å². The van der Waals surface area contributed by atoms with E-state index in [0.29, 0.717) is 0 Å². The Morgan fingerprint density at radius 2 is 0.569 bits per heavy atom. The van der Waals surface area contributed by atoms with Crippen LogP contribution < -0.4 is 0 Å². The van der Waals surface area contributed by atoms with E-state index in [9.17, 15) is 5.53 Å². The predicted octanol–water partition coefficient (Wildman–Crippen LogP) is 22.0. The Labute approximate surface area is 412 Å². The van der Waals surface area contributed by atoms with Crippen LogP contribution in [0, 0.1) is 0 Å². The number of nitrogens with zero attached hydrogens (tertiary/aromatic N) is 2. The summed E-state index contributed by atoms with van der Waals surface area (Å²) in [5.41, 5.74) is 21.4. The number of hydrogen-bond acceptors (Lipinski definition) is 0. The minimum absolute atomic E-state index is 0.996. The Balaban J connectivity index is 0.000000459. The minimum atomic E-state index is 0.996. The van der Waals surface area contributed by atoms with Gasteiger partial charge in [-0.3, -0.25) is 0 Å². The van der Waals surface area contributed by atoms with Gasteiger partial charge in [-0.25, -0.2) is 4.70 Å². The molecule has 3 heteroatoms. The van der Waals surface area contributed by atoms with E-state index in [0.717, 1.165) is 73.9 Å². The van der Waals surface area contributed by atoms with Gasteiger partial charge in [0.15, 0.2) is 0 Å². The second-order valence-electron chi connectivity index (χ2n) is 19.7. The SMILES string of the molecule is CCCCCCCCCCCCC[CH2][Ni][CH2]CCCCCCCCCCCCC.CCCCCCc1ccc(C2=C(CCCC)C(CCCC)=C(c3ccc(CCCC)cc3)[N+]2=[N-])cc1. The molecular formula is C62H106N2Ni. The summed E-state index contributed by atoms with van der Waals surface area (Å²) in [5, 5.41) is 2.87. The molecule has 2 aromatic rings. The topological polar surface area (TPSA) is 25.3 Å².